The molecular weight excluding hydrogens is 322 g/mol. The first-order chi connectivity index (χ1) is 11.0. The van der Waals surface area contributed by atoms with Crippen LogP contribution in [0.1, 0.15) is 5.56 Å². The van der Waals surface area contributed by atoms with Gasteiger partial charge in [0.25, 0.3) is 5.91 Å². The number of benzene rings is 1. The molecule has 2 aliphatic rings. The Labute approximate surface area is 137 Å². The van der Waals surface area contributed by atoms with Crippen molar-refractivity contribution < 1.29 is 19.5 Å². The van der Waals surface area contributed by atoms with Gasteiger partial charge in [0.2, 0.25) is 0 Å². The first-order valence-corrected chi connectivity index (χ1v) is 7.40. The van der Waals surface area contributed by atoms with Crippen LogP contribution in [0.2, 0.25) is 5.02 Å². The molecule has 1 atom stereocenters. The molecular formula is C15H14ClN3O4. The Hall–Kier alpha value is -2.54. The van der Waals surface area contributed by atoms with E-state index in [4.69, 9.17) is 16.7 Å². The Morgan fingerprint density at radius 3 is 2.57 bits per heavy atom. The normalized spacial score (nSPS) is 21.3. The molecule has 7 nitrogen and oxygen atoms in total. The van der Waals surface area contributed by atoms with E-state index in [2.05, 4.69) is 0 Å². The van der Waals surface area contributed by atoms with Crippen LogP contribution in [0.5, 0.6) is 0 Å². The highest BCUT2D eigenvalue weighted by molar-refractivity contribution is 6.30. The lowest BCUT2D eigenvalue weighted by atomic mass is 10.2. The average Bonchev–Trinajstić information content (AvgIpc) is 2.78. The van der Waals surface area contributed by atoms with Crippen LogP contribution >= 0.6 is 11.6 Å². The van der Waals surface area contributed by atoms with Crippen molar-refractivity contribution in [2.45, 2.75) is 6.04 Å². The summed E-state index contributed by atoms with van der Waals surface area (Å²) in [5, 5.41) is 9.62. The van der Waals surface area contributed by atoms with Crippen molar-refractivity contribution in [3.63, 3.8) is 0 Å². The molecule has 0 unspecified atom stereocenters. The molecule has 2 saturated heterocycles. The van der Waals surface area contributed by atoms with Crippen LogP contribution < -0.4 is 0 Å². The van der Waals surface area contributed by atoms with Crippen LogP contribution in [-0.4, -0.2) is 63.5 Å². The van der Waals surface area contributed by atoms with Gasteiger partial charge in [-0.1, -0.05) is 23.7 Å². The topological polar surface area (TPSA) is 81.2 Å². The second-order valence-corrected chi connectivity index (χ2v) is 5.73. The number of piperazine rings is 1. The number of fused-ring (bicyclic) bond motifs is 1. The third kappa shape index (κ3) is 2.87. The lowest BCUT2D eigenvalue weighted by molar-refractivity contribution is -0.127. The zero-order valence-electron chi connectivity index (χ0n) is 12.1. The number of carbonyl (C=O) groups is 3. The number of hydrogen-bond donors (Lipinski definition) is 1. The minimum absolute atomic E-state index is 0.00515. The minimum Gasteiger partial charge on any atom is -0.465 e. The van der Waals surface area contributed by atoms with Gasteiger partial charge in [-0.2, -0.15) is 0 Å². The highest BCUT2D eigenvalue weighted by atomic mass is 35.5. The number of halogens is 1. The Bertz CT molecular complexity index is 688. The first-order valence-electron chi connectivity index (χ1n) is 7.02. The standard InChI is InChI=1S/C15H14ClN3O4/c16-11-3-1-10(2-4-11)5-6-19-13(20)12-9-17(15(22)23)7-8-18(12)14(19)21/h1-6,12H,7-9H2,(H,22,23)/t12-/m0/s1. The van der Waals surface area contributed by atoms with E-state index in [9.17, 15) is 14.4 Å². The average molecular weight is 336 g/mol. The van der Waals surface area contributed by atoms with E-state index in [-0.39, 0.29) is 19.6 Å². The van der Waals surface area contributed by atoms with Gasteiger partial charge in [-0.05, 0) is 23.8 Å². The summed E-state index contributed by atoms with van der Waals surface area (Å²) < 4.78 is 0. The van der Waals surface area contributed by atoms with Gasteiger partial charge in [0.1, 0.15) is 6.04 Å². The van der Waals surface area contributed by atoms with Crippen molar-refractivity contribution in [2.75, 3.05) is 19.6 Å². The molecule has 1 N–H and O–H groups in total. The molecule has 23 heavy (non-hydrogen) atoms. The zero-order valence-corrected chi connectivity index (χ0v) is 12.8. The highest BCUT2D eigenvalue weighted by Crippen LogP contribution is 2.23. The molecule has 1 aromatic carbocycles. The van der Waals surface area contributed by atoms with E-state index in [0.717, 1.165) is 15.4 Å². The number of nitrogens with zero attached hydrogens (tertiary/aromatic N) is 3. The minimum atomic E-state index is -1.08. The maximum Gasteiger partial charge on any atom is 0.407 e. The molecule has 8 heteroatoms. The quantitative estimate of drug-likeness (QED) is 0.837. The number of urea groups is 1. The summed E-state index contributed by atoms with van der Waals surface area (Å²) in [7, 11) is 0. The van der Waals surface area contributed by atoms with Crippen molar-refractivity contribution >= 4 is 35.7 Å². The zero-order chi connectivity index (χ0) is 16.6. The van der Waals surface area contributed by atoms with Crippen molar-refractivity contribution in [2.24, 2.45) is 0 Å². The third-order valence-corrected chi connectivity index (χ3v) is 4.16. The molecule has 0 aliphatic carbocycles. The fraction of sp³-hybridized carbons (Fsp3) is 0.267. The molecule has 4 amide bonds. The number of hydrogen-bond acceptors (Lipinski definition) is 3. The fourth-order valence-electron chi connectivity index (χ4n) is 2.66. The number of imide groups is 1. The molecule has 2 fully saturated rings. The van der Waals surface area contributed by atoms with E-state index in [1.165, 1.54) is 11.1 Å². The van der Waals surface area contributed by atoms with Gasteiger partial charge in [0, 0.05) is 24.3 Å². The molecule has 2 aliphatic heterocycles. The lowest BCUT2D eigenvalue weighted by Crippen LogP contribution is -2.54. The molecule has 2 heterocycles. The van der Waals surface area contributed by atoms with Crippen LogP contribution in [0.3, 0.4) is 0 Å². The SMILES string of the molecule is O=C(O)N1CCN2C(=O)N(C=Cc3ccc(Cl)cc3)C(=O)[C@@H]2C1. The largest absolute Gasteiger partial charge is 0.465 e. The van der Waals surface area contributed by atoms with Crippen LogP contribution in [-0.2, 0) is 4.79 Å². The summed E-state index contributed by atoms with van der Waals surface area (Å²) in [6.07, 6.45) is 1.97. The van der Waals surface area contributed by atoms with E-state index in [1.807, 2.05) is 0 Å². The molecule has 0 aromatic heterocycles. The maximum absolute atomic E-state index is 12.4. The van der Waals surface area contributed by atoms with Crippen molar-refractivity contribution in [3.05, 3.63) is 41.1 Å². The van der Waals surface area contributed by atoms with E-state index in [0.29, 0.717) is 5.02 Å². The smallest absolute Gasteiger partial charge is 0.407 e. The first kappa shape index (κ1) is 15.4. The predicted octanol–water partition coefficient (Wildman–Crippen LogP) is 1.94. The molecule has 0 bridgehead atoms. The highest BCUT2D eigenvalue weighted by Gasteiger charge is 2.47. The molecule has 0 saturated carbocycles. The summed E-state index contributed by atoms with van der Waals surface area (Å²) in [5.74, 6) is -0.411. The van der Waals surface area contributed by atoms with Crippen molar-refractivity contribution in [3.8, 4) is 0 Å². The maximum atomic E-state index is 12.4. The van der Waals surface area contributed by atoms with E-state index < -0.39 is 24.1 Å². The second kappa shape index (κ2) is 5.92. The summed E-state index contributed by atoms with van der Waals surface area (Å²) in [4.78, 5) is 39.3. The molecule has 0 spiro atoms. The fourth-order valence-corrected chi connectivity index (χ4v) is 2.79. The van der Waals surface area contributed by atoms with Crippen LogP contribution in [0.25, 0.3) is 6.08 Å². The molecule has 1 aromatic rings. The van der Waals surface area contributed by atoms with Crippen LogP contribution in [0, 0.1) is 0 Å². The number of rotatable bonds is 2. The van der Waals surface area contributed by atoms with Crippen molar-refractivity contribution in [1.82, 2.24) is 14.7 Å². The molecule has 120 valence electrons. The predicted molar refractivity (Wildman–Crippen MR) is 82.8 cm³/mol. The van der Waals surface area contributed by atoms with Gasteiger partial charge in [-0.15, -0.1) is 0 Å². The summed E-state index contributed by atoms with van der Waals surface area (Å²) in [6.45, 7) is 0.428. The monoisotopic (exact) mass is 335 g/mol. The van der Waals surface area contributed by atoms with Gasteiger partial charge in [-0.3, -0.25) is 4.79 Å². The van der Waals surface area contributed by atoms with Gasteiger partial charge < -0.3 is 14.9 Å². The lowest BCUT2D eigenvalue weighted by Gasteiger charge is -2.33. The Morgan fingerprint density at radius 2 is 1.91 bits per heavy atom. The third-order valence-electron chi connectivity index (χ3n) is 3.91. The van der Waals surface area contributed by atoms with Crippen molar-refractivity contribution in [1.29, 1.82) is 0 Å². The van der Waals surface area contributed by atoms with Gasteiger partial charge >= 0.3 is 12.1 Å². The van der Waals surface area contributed by atoms with E-state index >= 15 is 0 Å². The Morgan fingerprint density at radius 1 is 1.22 bits per heavy atom. The van der Waals surface area contributed by atoms with Gasteiger partial charge in [0.15, 0.2) is 0 Å². The molecule has 3 rings (SSSR count). The Balaban J connectivity index is 1.76. The van der Waals surface area contributed by atoms with Gasteiger partial charge in [0.05, 0.1) is 6.54 Å². The number of carboxylic acid groups (broad SMARTS) is 1. The Kier molecular flexibility index (Phi) is 3.96. The second-order valence-electron chi connectivity index (χ2n) is 5.30. The number of amides is 4. The van der Waals surface area contributed by atoms with E-state index in [1.54, 1.807) is 30.3 Å². The summed E-state index contributed by atoms with van der Waals surface area (Å²) in [6, 6.07) is 5.79. The van der Waals surface area contributed by atoms with Crippen LogP contribution in [0.15, 0.2) is 30.5 Å². The van der Waals surface area contributed by atoms with Crippen LogP contribution in [0.4, 0.5) is 9.59 Å². The number of carbonyl (C=O) groups excluding carboxylic acids is 2. The summed E-state index contributed by atoms with van der Waals surface area (Å²) in [5.41, 5.74) is 0.798. The van der Waals surface area contributed by atoms with Gasteiger partial charge in [-0.25, -0.2) is 14.5 Å². The molecule has 0 radical (unpaired) electrons. The summed E-state index contributed by atoms with van der Waals surface area (Å²) >= 11 is 5.81.